The van der Waals surface area contributed by atoms with E-state index in [1.54, 1.807) is 13.0 Å². The van der Waals surface area contributed by atoms with Crippen molar-refractivity contribution in [3.63, 3.8) is 0 Å². The van der Waals surface area contributed by atoms with E-state index in [2.05, 4.69) is 5.32 Å². The third-order valence-corrected chi connectivity index (χ3v) is 3.71. The van der Waals surface area contributed by atoms with Crippen molar-refractivity contribution < 1.29 is 19.1 Å². The lowest BCUT2D eigenvalue weighted by Crippen LogP contribution is -2.41. The third kappa shape index (κ3) is 2.25. The molecule has 5 heteroatoms. The van der Waals surface area contributed by atoms with E-state index in [9.17, 15) is 14.7 Å². The van der Waals surface area contributed by atoms with Crippen LogP contribution in [0.2, 0.25) is 0 Å². The maximum atomic E-state index is 11.9. The number of carbonyl (C=O) groups is 2. The van der Waals surface area contributed by atoms with E-state index in [-0.39, 0.29) is 12.5 Å². The second-order valence-electron chi connectivity index (χ2n) is 4.87. The molecule has 2 rings (SSSR count). The highest BCUT2D eigenvalue weighted by molar-refractivity contribution is 5.95. The van der Waals surface area contributed by atoms with Gasteiger partial charge in [0.2, 0.25) is 0 Å². The second kappa shape index (κ2) is 4.84. The smallest absolute Gasteiger partial charge is 0.311 e. The third-order valence-electron chi connectivity index (χ3n) is 3.71. The molecule has 0 atom stereocenters. The minimum Gasteiger partial charge on any atom is -0.481 e. The van der Waals surface area contributed by atoms with Crippen LogP contribution in [0.4, 0.5) is 0 Å². The van der Waals surface area contributed by atoms with E-state index in [0.29, 0.717) is 24.2 Å². The molecule has 1 fully saturated rings. The summed E-state index contributed by atoms with van der Waals surface area (Å²) in [6.07, 6.45) is 4.53. The van der Waals surface area contributed by atoms with Crippen LogP contribution in [0.5, 0.6) is 0 Å². The molecule has 0 saturated heterocycles. The van der Waals surface area contributed by atoms with Crippen molar-refractivity contribution in [2.24, 2.45) is 5.41 Å². The van der Waals surface area contributed by atoms with E-state index in [1.807, 2.05) is 0 Å². The van der Waals surface area contributed by atoms with Gasteiger partial charge in [0, 0.05) is 6.54 Å². The predicted octanol–water partition coefficient (Wildman–Crippen LogP) is 1.96. The average molecular weight is 251 g/mol. The number of aliphatic carboxylic acids is 1. The molecule has 1 aromatic rings. The highest BCUT2D eigenvalue weighted by Gasteiger charge is 2.41. The number of amides is 1. The van der Waals surface area contributed by atoms with E-state index in [0.717, 1.165) is 12.8 Å². The summed E-state index contributed by atoms with van der Waals surface area (Å²) in [5, 5.41) is 12.0. The summed E-state index contributed by atoms with van der Waals surface area (Å²) in [7, 11) is 0. The van der Waals surface area contributed by atoms with Gasteiger partial charge in [-0.1, -0.05) is 12.8 Å². The Bertz CT molecular complexity index is 457. The molecule has 0 unspecified atom stereocenters. The van der Waals surface area contributed by atoms with Crippen LogP contribution in [0, 0.1) is 12.3 Å². The fourth-order valence-corrected chi connectivity index (χ4v) is 2.48. The summed E-state index contributed by atoms with van der Waals surface area (Å²) >= 11 is 0. The fourth-order valence-electron chi connectivity index (χ4n) is 2.48. The molecule has 98 valence electrons. The Morgan fingerprint density at radius 1 is 1.44 bits per heavy atom. The zero-order valence-electron chi connectivity index (χ0n) is 10.4. The molecule has 1 aromatic heterocycles. The van der Waals surface area contributed by atoms with Crippen LogP contribution in [0.15, 0.2) is 16.7 Å². The van der Waals surface area contributed by atoms with Crippen LogP contribution >= 0.6 is 0 Å². The highest BCUT2D eigenvalue weighted by atomic mass is 16.4. The molecular formula is C13H17NO4. The Morgan fingerprint density at radius 3 is 2.61 bits per heavy atom. The van der Waals surface area contributed by atoms with Crippen molar-refractivity contribution >= 4 is 11.9 Å². The number of carboxylic acids is 1. The maximum absolute atomic E-state index is 11.9. The van der Waals surface area contributed by atoms with E-state index in [1.165, 1.54) is 6.26 Å². The van der Waals surface area contributed by atoms with Crippen LogP contribution in [-0.2, 0) is 4.79 Å². The van der Waals surface area contributed by atoms with Crippen LogP contribution in [-0.4, -0.2) is 23.5 Å². The average Bonchev–Trinajstić information content (AvgIpc) is 2.95. The van der Waals surface area contributed by atoms with Gasteiger partial charge in [-0.05, 0) is 25.8 Å². The molecule has 5 nitrogen and oxygen atoms in total. The number of aryl methyl sites for hydroxylation is 1. The van der Waals surface area contributed by atoms with Gasteiger partial charge in [0.25, 0.3) is 5.91 Å². The van der Waals surface area contributed by atoms with Gasteiger partial charge in [0.05, 0.1) is 17.2 Å². The first-order chi connectivity index (χ1) is 8.55. The number of nitrogens with one attached hydrogen (secondary N) is 1. The minimum atomic E-state index is -0.816. The second-order valence-corrected chi connectivity index (χ2v) is 4.87. The summed E-state index contributed by atoms with van der Waals surface area (Å²) in [6.45, 7) is 1.89. The molecule has 1 aliphatic carbocycles. The summed E-state index contributed by atoms with van der Waals surface area (Å²) in [6, 6.07) is 1.59. The fraction of sp³-hybridized carbons (Fsp3) is 0.538. The summed E-state index contributed by atoms with van der Waals surface area (Å²) < 4.78 is 5.05. The molecule has 1 heterocycles. The predicted molar refractivity (Wildman–Crippen MR) is 64.3 cm³/mol. The number of rotatable bonds is 4. The van der Waals surface area contributed by atoms with Crippen LogP contribution in [0.25, 0.3) is 0 Å². The van der Waals surface area contributed by atoms with Crippen LogP contribution in [0.3, 0.4) is 0 Å². The van der Waals surface area contributed by atoms with E-state index in [4.69, 9.17) is 4.42 Å². The van der Waals surface area contributed by atoms with Gasteiger partial charge in [0.15, 0.2) is 0 Å². The number of furan rings is 1. The first-order valence-corrected chi connectivity index (χ1v) is 6.11. The molecule has 1 saturated carbocycles. The van der Waals surface area contributed by atoms with Crippen molar-refractivity contribution in [3.05, 3.63) is 23.7 Å². The molecule has 0 spiro atoms. The minimum absolute atomic E-state index is 0.186. The molecule has 1 amide bonds. The van der Waals surface area contributed by atoms with Gasteiger partial charge in [0.1, 0.15) is 5.76 Å². The topological polar surface area (TPSA) is 79.5 Å². The normalized spacial score (nSPS) is 17.6. The van der Waals surface area contributed by atoms with E-state index < -0.39 is 11.4 Å². The monoisotopic (exact) mass is 251 g/mol. The lowest BCUT2D eigenvalue weighted by atomic mass is 9.86. The molecule has 0 radical (unpaired) electrons. The summed E-state index contributed by atoms with van der Waals surface area (Å²) in [5.41, 5.74) is -0.318. The van der Waals surface area contributed by atoms with Crippen molar-refractivity contribution in [3.8, 4) is 0 Å². The van der Waals surface area contributed by atoms with Gasteiger partial charge in [-0.3, -0.25) is 9.59 Å². The Balaban J connectivity index is 2.01. The van der Waals surface area contributed by atoms with Crippen molar-refractivity contribution in [1.82, 2.24) is 5.32 Å². The largest absolute Gasteiger partial charge is 0.481 e. The Morgan fingerprint density at radius 2 is 2.11 bits per heavy atom. The Labute approximate surface area is 105 Å². The first-order valence-electron chi connectivity index (χ1n) is 6.11. The van der Waals surface area contributed by atoms with Crippen molar-refractivity contribution in [1.29, 1.82) is 0 Å². The zero-order chi connectivity index (χ0) is 13.2. The van der Waals surface area contributed by atoms with E-state index >= 15 is 0 Å². The molecule has 2 N–H and O–H groups in total. The van der Waals surface area contributed by atoms with Gasteiger partial charge in [-0.15, -0.1) is 0 Å². The standard InChI is InChI=1S/C13H17NO4/c1-9-10(4-7-18-9)11(15)14-8-13(12(16)17)5-2-3-6-13/h4,7H,2-3,5-6,8H2,1H3,(H,14,15)(H,16,17). The van der Waals surface area contributed by atoms with Crippen LogP contribution < -0.4 is 5.32 Å². The Hall–Kier alpha value is -1.78. The molecule has 0 bridgehead atoms. The van der Waals surface area contributed by atoms with Gasteiger partial charge < -0.3 is 14.8 Å². The SMILES string of the molecule is Cc1occc1C(=O)NCC1(C(=O)O)CCCC1. The number of hydrogen-bond acceptors (Lipinski definition) is 3. The quantitative estimate of drug-likeness (QED) is 0.857. The molecule has 0 aromatic carbocycles. The molecule has 18 heavy (non-hydrogen) atoms. The lowest BCUT2D eigenvalue weighted by Gasteiger charge is -2.23. The summed E-state index contributed by atoms with van der Waals surface area (Å²) in [4.78, 5) is 23.2. The molecule has 1 aliphatic rings. The van der Waals surface area contributed by atoms with Gasteiger partial charge in [-0.2, -0.15) is 0 Å². The maximum Gasteiger partial charge on any atom is 0.311 e. The number of hydrogen-bond donors (Lipinski definition) is 2. The molecule has 0 aliphatic heterocycles. The van der Waals surface area contributed by atoms with Gasteiger partial charge in [-0.25, -0.2) is 0 Å². The van der Waals surface area contributed by atoms with Crippen molar-refractivity contribution in [2.45, 2.75) is 32.6 Å². The van der Waals surface area contributed by atoms with Crippen molar-refractivity contribution in [2.75, 3.05) is 6.54 Å². The zero-order valence-corrected chi connectivity index (χ0v) is 10.4. The Kier molecular flexibility index (Phi) is 3.41. The summed E-state index contributed by atoms with van der Waals surface area (Å²) in [5.74, 6) is -0.540. The number of carbonyl (C=O) groups excluding carboxylic acids is 1. The van der Waals surface area contributed by atoms with Crippen LogP contribution in [0.1, 0.15) is 41.8 Å². The lowest BCUT2D eigenvalue weighted by molar-refractivity contribution is -0.148. The number of carboxylic acid groups (broad SMARTS) is 1. The molecular weight excluding hydrogens is 234 g/mol. The first kappa shape index (κ1) is 12.7. The van der Waals surface area contributed by atoms with Gasteiger partial charge >= 0.3 is 5.97 Å². The highest BCUT2D eigenvalue weighted by Crippen LogP contribution is 2.37.